The molecule has 0 spiro atoms. The molecule has 2 saturated heterocycles. The predicted octanol–water partition coefficient (Wildman–Crippen LogP) is 4.20. The van der Waals surface area contributed by atoms with Gasteiger partial charge in [0.1, 0.15) is 5.75 Å². The smallest absolute Gasteiger partial charge is 0.119 e. The van der Waals surface area contributed by atoms with E-state index in [1.807, 2.05) is 6.07 Å². The number of anilines is 1. The Kier molecular flexibility index (Phi) is 6.23. The Morgan fingerprint density at radius 3 is 2.48 bits per heavy atom. The molecule has 2 aliphatic rings. The van der Waals surface area contributed by atoms with Gasteiger partial charge in [0.05, 0.1) is 11.4 Å². The topological polar surface area (TPSA) is 19.0 Å². The van der Waals surface area contributed by atoms with Crippen molar-refractivity contribution >= 4 is 28.6 Å². The molecule has 1 unspecified atom stereocenters. The number of nitrogens with zero attached hydrogens (tertiary/aromatic N) is 3. The number of likely N-dealkylation sites (tertiary alicyclic amines) is 1. The quantitative estimate of drug-likeness (QED) is 0.742. The lowest BCUT2D eigenvalue weighted by Gasteiger charge is -2.44. The zero-order chi connectivity index (χ0) is 18.6. The first-order valence-corrected chi connectivity index (χ1v) is 11.0. The Bertz CT molecular complexity index is 727. The van der Waals surface area contributed by atoms with E-state index in [-0.39, 0.29) is 0 Å². The van der Waals surface area contributed by atoms with E-state index in [1.54, 1.807) is 18.4 Å². The third kappa shape index (κ3) is 4.77. The SMILES string of the molecule is COc1ccc(N2CCN(C3CCCN(Cc4ccc(Cl)s4)C3)CC2)cc1. The fourth-order valence-electron chi connectivity index (χ4n) is 4.27. The van der Waals surface area contributed by atoms with Crippen molar-refractivity contribution in [2.45, 2.75) is 25.4 Å². The van der Waals surface area contributed by atoms with Gasteiger partial charge >= 0.3 is 0 Å². The van der Waals surface area contributed by atoms with E-state index in [4.69, 9.17) is 16.3 Å². The van der Waals surface area contributed by atoms with Gasteiger partial charge in [-0.1, -0.05) is 11.6 Å². The lowest BCUT2D eigenvalue weighted by atomic mass is 10.0. The van der Waals surface area contributed by atoms with Gasteiger partial charge in [-0.05, 0) is 55.8 Å². The Hall–Kier alpha value is -1.27. The summed E-state index contributed by atoms with van der Waals surface area (Å²) in [6.07, 6.45) is 2.62. The van der Waals surface area contributed by atoms with E-state index in [0.29, 0.717) is 6.04 Å². The fraction of sp³-hybridized carbons (Fsp3) is 0.524. The molecule has 0 saturated carbocycles. The highest BCUT2D eigenvalue weighted by atomic mass is 35.5. The molecule has 27 heavy (non-hydrogen) atoms. The average molecular weight is 406 g/mol. The number of halogens is 1. The molecule has 0 N–H and O–H groups in total. The number of benzene rings is 1. The van der Waals surface area contributed by atoms with Gasteiger partial charge in [0.15, 0.2) is 0 Å². The van der Waals surface area contributed by atoms with Gasteiger partial charge in [-0.3, -0.25) is 9.80 Å². The molecule has 0 aliphatic carbocycles. The molecule has 146 valence electrons. The first-order chi connectivity index (χ1) is 13.2. The number of piperidine rings is 1. The Balaban J connectivity index is 1.29. The second-order valence-electron chi connectivity index (χ2n) is 7.46. The number of hydrogen-bond donors (Lipinski definition) is 0. The number of ether oxygens (including phenoxy) is 1. The van der Waals surface area contributed by atoms with E-state index < -0.39 is 0 Å². The predicted molar refractivity (Wildman–Crippen MR) is 114 cm³/mol. The van der Waals surface area contributed by atoms with Crippen LogP contribution in [0.3, 0.4) is 0 Å². The van der Waals surface area contributed by atoms with Crippen molar-refractivity contribution in [1.82, 2.24) is 9.80 Å². The van der Waals surface area contributed by atoms with E-state index in [1.165, 1.54) is 36.5 Å². The molecule has 0 amide bonds. The zero-order valence-electron chi connectivity index (χ0n) is 15.9. The van der Waals surface area contributed by atoms with Crippen LogP contribution in [0, 0.1) is 0 Å². The molecule has 1 aromatic carbocycles. The Labute approximate surface area is 171 Å². The van der Waals surface area contributed by atoms with Crippen LogP contribution >= 0.6 is 22.9 Å². The average Bonchev–Trinajstić information content (AvgIpc) is 3.13. The number of rotatable bonds is 5. The van der Waals surface area contributed by atoms with Crippen LogP contribution in [0.2, 0.25) is 4.34 Å². The third-order valence-corrected chi connectivity index (χ3v) is 6.97. The molecule has 4 rings (SSSR count). The van der Waals surface area contributed by atoms with E-state index in [2.05, 4.69) is 45.0 Å². The lowest BCUT2D eigenvalue weighted by molar-refractivity contribution is 0.0893. The highest BCUT2D eigenvalue weighted by Gasteiger charge is 2.28. The summed E-state index contributed by atoms with van der Waals surface area (Å²) >= 11 is 7.80. The first kappa shape index (κ1) is 19.1. The van der Waals surface area contributed by atoms with Crippen molar-refractivity contribution in [3.63, 3.8) is 0 Å². The third-order valence-electron chi connectivity index (χ3n) is 5.76. The highest BCUT2D eigenvalue weighted by Crippen LogP contribution is 2.26. The molecule has 0 bridgehead atoms. The normalized spacial score (nSPS) is 22.1. The van der Waals surface area contributed by atoms with Crippen LogP contribution in [0.4, 0.5) is 5.69 Å². The van der Waals surface area contributed by atoms with Crippen molar-refractivity contribution in [2.24, 2.45) is 0 Å². The van der Waals surface area contributed by atoms with Crippen molar-refractivity contribution in [2.75, 3.05) is 51.3 Å². The van der Waals surface area contributed by atoms with Crippen LogP contribution in [0.5, 0.6) is 5.75 Å². The van der Waals surface area contributed by atoms with Crippen LogP contribution in [-0.2, 0) is 6.54 Å². The summed E-state index contributed by atoms with van der Waals surface area (Å²) in [6, 6.07) is 13.3. The van der Waals surface area contributed by atoms with Crippen LogP contribution in [0.25, 0.3) is 0 Å². The maximum absolute atomic E-state index is 6.09. The van der Waals surface area contributed by atoms with Gasteiger partial charge < -0.3 is 9.64 Å². The fourth-order valence-corrected chi connectivity index (χ4v) is 5.40. The summed E-state index contributed by atoms with van der Waals surface area (Å²) in [7, 11) is 1.72. The molecule has 3 heterocycles. The summed E-state index contributed by atoms with van der Waals surface area (Å²) < 4.78 is 6.17. The first-order valence-electron chi connectivity index (χ1n) is 9.81. The lowest BCUT2D eigenvalue weighted by Crippen LogP contribution is -2.55. The molecular weight excluding hydrogens is 378 g/mol. The van der Waals surface area contributed by atoms with E-state index in [0.717, 1.165) is 42.8 Å². The standard InChI is InChI=1S/C21H28ClN3OS/c1-26-19-6-4-17(5-7-19)24-11-13-25(14-12-24)18-3-2-10-23(15-18)16-20-8-9-21(22)27-20/h4-9,18H,2-3,10-16H2,1H3. The molecule has 1 atom stereocenters. The van der Waals surface area contributed by atoms with E-state index >= 15 is 0 Å². The summed E-state index contributed by atoms with van der Waals surface area (Å²) in [5.41, 5.74) is 1.30. The Morgan fingerprint density at radius 2 is 1.81 bits per heavy atom. The van der Waals surface area contributed by atoms with Gasteiger partial charge in [0, 0.05) is 55.9 Å². The number of thiophene rings is 1. The molecular formula is C21H28ClN3OS. The van der Waals surface area contributed by atoms with Crippen molar-refractivity contribution in [1.29, 1.82) is 0 Å². The maximum atomic E-state index is 6.09. The largest absolute Gasteiger partial charge is 0.497 e. The monoisotopic (exact) mass is 405 g/mol. The Morgan fingerprint density at radius 1 is 1.04 bits per heavy atom. The second kappa shape index (κ2) is 8.82. The van der Waals surface area contributed by atoms with Gasteiger partial charge in [-0.25, -0.2) is 0 Å². The number of piperazine rings is 1. The second-order valence-corrected chi connectivity index (χ2v) is 9.26. The summed E-state index contributed by atoms with van der Waals surface area (Å²) in [5.74, 6) is 0.923. The summed E-state index contributed by atoms with van der Waals surface area (Å²) in [6.45, 7) is 7.92. The van der Waals surface area contributed by atoms with Gasteiger partial charge in [0.25, 0.3) is 0 Å². The maximum Gasteiger partial charge on any atom is 0.119 e. The van der Waals surface area contributed by atoms with Crippen LogP contribution in [-0.4, -0.2) is 62.2 Å². The van der Waals surface area contributed by atoms with Crippen LogP contribution in [0.1, 0.15) is 17.7 Å². The zero-order valence-corrected chi connectivity index (χ0v) is 17.5. The highest BCUT2D eigenvalue weighted by molar-refractivity contribution is 7.16. The van der Waals surface area contributed by atoms with Gasteiger partial charge in [0.2, 0.25) is 0 Å². The molecule has 2 aliphatic heterocycles. The van der Waals surface area contributed by atoms with Crippen molar-refractivity contribution in [3.05, 3.63) is 45.6 Å². The molecule has 2 aromatic rings. The van der Waals surface area contributed by atoms with Gasteiger partial charge in [-0.2, -0.15) is 0 Å². The molecule has 1 aromatic heterocycles. The molecule has 2 fully saturated rings. The van der Waals surface area contributed by atoms with Crippen LogP contribution < -0.4 is 9.64 Å². The minimum atomic E-state index is 0.687. The van der Waals surface area contributed by atoms with Crippen molar-refractivity contribution < 1.29 is 4.74 Å². The van der Waals surface area contributed by atoms with Crippen LogP contribution in [0.15, 0.2) is 36.4 Å². The number of hydrogen-bond acceptors (Lipinski definition) is 5. The van der Waals surface area contributed by atoms with Crippen molar-refractivity contribution in [3.8, 4) is 5.75 Å². The van der Waals surface area contributed by atoms with Gasteiger partial charge in [-0.15, -0.1) is 11.3 Å². The minimum Gasteiger partial charge on any atom is -0.497 e. The number of methoxy groups -OCH3 is 1. The molecule has 0 radical (unpaired) electrons. The van der Waals surface area contributed by atoms with E-state index in [9.17, 15) is 0 Å². The summed E-state index contributed by atoms with van der Waals surface area (Å²) in [5, 5.41) is 0. The summed E-state index contributed by atoms with van der Waals surface area (Å²) in [4.78, 5) is 9.18. The minimum absolute atomic E-state index is 0.687. The molecule has 4 nitrogen and oxygen atoms in total. The molecule has 6 heteroatoms.